The van der Waals surface area contributed by atoms with Gasteiger partial charge in [-0.2, -0.15) is 0 Å². The molecule has 0 saturated heterocycles. The van der Waals surface area contributed by atoms with Gasteiger partial charge >= 0.3 is 0 Å². The summed E-state index contributed by atoms with van der Waals surface area (Å²) in [6.45, 7) is 0. The van der Waals surface area contributed by atoms with Gasteiger partial charge in [-0.15, -0.1) is 0 Å². The molecule has 0 aliphatic carbocycles. The first kappa shape index (κ1) is 52.9. The number of aromatic nitrogens is 8. The minimum Gasteiger partial charge on any atom is -0.453 e. The van der Waals surface area contributed by atoms with Crippen LogP contribution < -0.4 is 19.3 Å². The zero-order valence-electron chi connectivity index (χ0n) is 52.2. The van der Waals surface area contributed by atoms with Crippen LogP contribution in [0.2, 0.25) is 0 Å². The average Bonchev–Trinajstić information content (AvgIpc) is 0.900. The van der Waals surface area contributed by atoms with Crippen LogP contribution in [0.1, 0.15) is 0 Å². The zero-order chi connectivity index (χ0) is 63.8. The number of nitrogens with zero attached hydrogens (tertiary/aromatic N) is 10. The minimum absolute atomic E-state index is 0.669. The topological polar surface area (TPSA) is 96.2 Å². The van der Waals surface area contributed by atoms with Gasteiger partial charge < -0.3 is 27.7 Å². The van der Waals surface area contributed by atoms with E-state index in [0.29, 0.717) is 45.7 Å². The predicted molar refractivity (Wildman–Crippen MR) is 397 cm³/mol. The number of hydrogen-bond donors (Lipinski definition) is 0. The molecular weight excluding hydrogens is 1210 g/mol. The number of fused-ring (bicyclic) bond motifs is 22. The normalized spacial score (nSPS) is 12.8. The summed E-state index contributed by atoms with van der Waals surface area (Å²) in [5, 5.41) is 11.1. The molecule has 0 atom stereocenters. The molecule has 13 aromatic carbocycles. The number of ether oxygens (including phenoxy) is 2. The van der Waals surface area contributed by atoms with Crippen LogP contribution in [0.15, 0.2) is 304 Å². The van der Waals surface area contributed by atoms with E-state index < -0.39 is 0 Å². The van der Waals surface area contributed by atoms with Crippen LogP contribution in [0, 0.1) is 0 Å². The van der Waals surface area contributed by atoms with Crippen molar-refractivity contribution in [2.24, 2.45) is 0 Å². The fourth-order valence-corrected chi connectivity index (χ4v) is 16.0. The highest BCUT2D eigenvalue weighted by Gasteiger charge is 2.33. The van der Waals surface area contributed by atoms with Crippen LogP contribution in [-0.4, -0.2) is 38.2 Å². The lowest BCUT2D eigenvalue weighted by Crippen LogP contribution is -2.18. The molecule has 0 spiro atoms. The van der Waals surface area contributed by atoms with Gasteiger partial charge in [0.1, 0.15) is 22.7 Å². The molecule has 456 valence electrons. The van der Waals surface area contributed by atoms with Gasteiger partial charge in [-0.05, 0) is 121 Å². The van der Waals surface area contributed by atoms with E-state index in [1.54, 1.807) is 12.4 Å². The Balaban J connectivity index is 0.756. The van der Waals surface area contributed by atoms with Crippen molar-refractivity contribution in [1.82, 2.24) is 38.2 Å². The molecule has 2 aliphatic heterocycles. The molecule has 9 heterocycles. The maximum Gasteiger partial charge on any atom is 0.153 e. The van der Waals surface area contributed by atoms with Crippen molar-refractivity contribution in [3.8, 4) is 45.7 Å². The Morgan fingerprint density at radius 3 is 0.694 bits per heavy atom. The predicted octanol–water partition coefficient (Wildman–Crippen LogP) is 22.3. The van der Waals surface area contributed by atoms with Gasteiger partial charge in [0.25, 0.3) is 0 Å². The quantitative estimate of drug-likeness (QED) is 0.152. The molecular formula is C86H50N10O2. The molecule has 0 N–H and O–H groups in total. The highest BCUT2D eigenvalue weighted by atomic mass is 16.5. The Hall–Kier alpha value is -13.6. The SMILES string of the molecule is c1ccc2c(c1)c1ccccc1n2-c1ccc2c(c1)Oc1cc(-n3c4ccccc4c4ccccc43)ccc1N2c1ccc2c3nccnc3c3ccc(N4c5ccc(-n6c7ccccc7c7ccccc76)cc5Oc5cc(-n6c7ccccc7c7ccccc76)ccc54)nc3c2n1. The average molecular weight is 1260 g/mol. The van der Waals surface area contributed by atoms with E-state index in [1.165, 1.54) is 43.1 Å². The molecule has 20 aromatic rings. The molecule has 2 aliphatic rings. The van der Waals surface area contributed by atoms with Gasteiger partial charge in [0.15, 0.2) is 23.0 Å². The van der Waals surface area contributed by atoms with Gasteiger partial charge in [0.2, 0.25) is 0 Å². The standard InChI is InChI=1S/C86H50N10O2/c1-9-25-65-55(17-1)56-18-2-10-26-66(56)91(65)51-33-39-73-77(47-51)97-78-48-52(92-67-27-11-3-19-57(67)58-20-4-12-28-68(58)92)34-40-74(78)95(73)81-43-37-63-83-84(88-46-45-87-83)64-38-44-82(90-86(64)85(63)89-81)96-75-41-35-53(93-69-29-13-5-21-59(69)60-22-6-14-30-70(60)93)49-79(75)98-80-50-54(36-42-76(80)96)94-71-31-15-7-23-61(71)62-24-8-16-32-72(62)94/h1-50H. The summed E-state index contributed by atoms with van der Waals surface area (Å²) >= 11 is 0. The van der Waals surface area contributed by atoms with Crippen molar-refractivity contribution >= 4 is 154 Å². The van der Waals surface area contributed by atoms with Crippen LogP contribution in [-0.2, 0) is 0 Å². The molecule has 7 aromatic heterocycles. The van der Waals surface area contributed by atoms with Gasteiger partial charge in [-0.1, -0.05) is 146 Å². The van der Waals surface area contributed by atoms with Crippen molar-refractivity contribution in [3.05, 3.63) is 304 Å². The summed E-state index contributed by atoms with van der Waals surface area (Å²) in [6.07, 6.45) is 3.51. The number of hydrogen-bond acceptors (Lipinski definition) is 8. The van der Waals surface area contributed by atoms with Gasteiger partial charge in [0.05, 0.1) is 101 Å². The van der Waals surface area contributed by atoms with Crippen LogP contribution in [0.4, 0.5) is 34.4 Å². The molecule has 0 saturated carbocycles. The first-order valence-corrected chi connectivity index (χ1v) is 32.9. The third-order valence-electron chi connectivity index (χ3n) is 20.2. The fraction of sp³-hybridized carbons (Fsp3) is 0. The van der Waals surface area contributed by atoms with Crippen molar-refractivity contribution in [3.63, 3.8) is 0 Å². The smallest absolute Gasteiger partial charge is 0.153 e. The maximum absolute atomic E-state index is 7.30. The summed E-state index contributed by atoms with van der Waals surface area (Å²) in [5.74, 6) is 4.07. The summed E-state index contributed by atoms with van der Waals surface area (Å²) < 4.78 is 23.9. The molecule has 12 heteroatoms. The second-order valence-electron chi connectivity index (χ2n) is 25.3. The number of rotatable bonds is 6. The summed E-state index contributed by atoms with van der Waals surface area (Å²) in [7, 11) is 0. The lowest BCUT2D eigenvalue weighted by atomic mass is 10.1. The number of para-hydroxylation sites is 8. The van der Waals surface area contributed by atoms with E-state index in [0.717, 1.165) is 111 Å². The monoisotopic (exact) mass is 1250 g/mol. The highest BCUT2D eigenvalue weighted by Crippen LogP contribution is 2.55. The minimum atomic E-state index is 0.669. The van der Waals surface area contributed by atoms with Crippen molar-refractivity contribution in [2.75, 3.05) is 9.80 Å². The molecule has 12 nitrogen and oxygen atoms in total. The largest absolute Gasteiger partial charge is 0.453 e. The third kappa shape index (κ3) is 7.42. The molecule has 0 bridgehead atoms. The molecule has 22 rings (SSSR count). The lowest BCUT2D eigenvalue weighted by molar-refractivity contribution is 0.476. The number of anilines is 6. The van der Waals surface area contributed by atoms with Crippen LogP contribution >= 0.6 is 0 Å². The molecule has 0 radical (unpaired) electrons. The first-order chi connectivity index (χ1) is 48.6. The molecule has 98 heavy (non-hydrogen) atoms. The second kappa shape index (κ2) is 20.0. The Morgan fingerprint density at radius 1 is 0.214 bits per heavy atom. The highest BCUT2D eigenvalue weighted by molar-refractivity contribution is 6.21. The molecule has 0 fully saturated rings. The van der Waals surface area contributed by atoms with Crippen molar-refractivity contribution < 1.29 is 9.47 Å². The van der Waals surface area contributed by atoms with E-state index in [9.17, 15) is 0 Å². The van der Waals surface area contributed by atoms with Crippen molar-refractivity contribution in [2.45, 2.75) is 0 Å². The van der Waals surface area contributed by atoms with E-state index in [2.05, 4.69) is 319 Å². The van der Waals surface area contributed by atoms with Gasteiger partial charge in [-0.25, -0.2) is 9.97 Å². The zero-order valence-corrected chi connectivity index (χ0v) is 52.2. The summed E-state index contributed by atoms with van der Waals surface area (Å²) in [5.41, 5.74) is 18.9. The number of benzene rings is 13. The third-order valence-corrected chi connectivity index (χ3v) is 20.2. The fourth-order valence-electron chi connectivity index (χ4n) is 16.0. The van der Waals surface area contributed by atoms with E-state index >= 15 is 0 Å². The van der Waals surface area contributed by atoms with Crippen LogP contribution in [0.25, 0.3) is 143 Å². The maximum atomic E-state index is 7.30. The Bertz CT molecular complexity index is 5930. The lowest BCUT2D eigenvalue weighted by Gasteiger charge is -2.33. The van der Waals surface area contributed by atoms with Gasteiger partial charge in [-0.3, -0.25) is 19.8 Å². The second-order valence-corrected chi connectivity index (χ2v) is 25.3. The van der Waals surface area contributed by atoms with Crippen LogP contribution in [0.3, 0.4) is 0 Å². The Kier molecular flexibility index (Phi) is 10.8. The van der Waals surface area contributed by atoms with Gasteiger partial charge in [0, 0.05) is 90.5 Å². The van der Waals surface area contributed by atoms with Crippen LogP contribution in [0.5, 0.6) is 23.0 Å². The summed E-state index contributed by atoms with van der Waals surface area (Å²) in [6, 6.07) is 103. The van der Waals surface area contributed by atoms with E-state index in [-0.39, 0.29) is 0 Å². The summed E-state index contributed by atoms with van der Waals surface area (Å²) in [4.78, 5) is 26.2. The Labute approximate surface area is 558 Å². The number of pyridine rings is 2. The van der Waals surface area contributed by atoms with E-state index in [1.807, 2.05) is 0 Å². The molecule has 0 amide bonds. The Morgan fingerprint density at radius 2 is 0.449 bits per heavy atom. The van der Waals surface area contributed by atoms with Crippen molar-refractivity contribution in [1.29, 1.82) is 0 Å². The van der Waals surface area contributed by atoms with E-state index in [4.69, 9.17) is 29.4 Å². The first-order valence-electron chi connectivity index (χ1n) is 32.9. The molecule has 0 unspecified atom stereocenters.